The number of nitrogens with zero attached hydrogens (tertiary/aromatic N) is 2. The van der Waals surface area contributed by atoms with E-state index >= 15 is 0 Å². The molecule has 0 unspecified atom stereocenters. The molecule has 4 heteroatoms. The quantitative estimate of drug-likeness (QED) is 0.555. The van der Waals surface area contributed by atoms with E-state index in [1.807, 2.05) is 11.9 Å². The monoisotopic (exact) mass is 318 g/mol. The van der Waals surface area contributed by atoms with Crippen molar-refractivity contribution in [2.24, 2.45) is 0 Å². The minimum absolute atomic E-state index is 0.318. The molecule has 1 amide bonds. The Kier molecular flexibility index (Phi) is 7.23. The third-order valence-corrected chi connectivity index (χ3v) is 4.51. The van der Waals surface area contributed by atoms with Crippen LogP contribution < -0.4 is 0 Å². The van der Waals surface area contributed by atoms with Crippen LogP contribution in [0.4, 0.5) is 0 Å². The Bertz CT molecular complexity index is 250. The van der Waals surface area contributed by atoms with Gasteiger partial charge in [0.25, 0.3) is 0 Å². The van der Waals surface area contributed by atoms with Gasteiger partial charge in [-0.25, -0.2) is 0 Å². The Labute approximate surface area is 120 Å². The van der Waals surface area contributed by atoms with Gasteiger partial charge in [-0.05, 0) is 39.5 Å². The van der Waals surface area contributed by atoms with E-state index in [-0.39, 0.29) is 0 Å². The third kappa shape index (κ3) is 4.88. The van der Waals surface area contributed by atoms with E-state index in [0.717, 1.165) is 44.1 Å². The molecule has 0 atom stereocenters. The van der Waals surface area contributed by atoms with Crippen molar-refractivity contribution in [3.05, 3.63) is 0 Å². The summed E-state index contributed by atoms with van der Waals surface area (Å²) in [4.78, 5) is 16.5. The SMILES string of the molecule is CC(C)N1CCC(N(C)C(=O)CCCCBr)CC1. The second-order valence-electron chi connectivity index (χ2n) is 5.51. The molecule has 0 aromatic rings. The van der Waals surface area contributed by atoms with Crippen LogP contribution in [0.15, 0.2) is 0 Å². The molecule has 1 rings (SSSR count). The van der Waals surface area contributed by atoms with E-state index in [4.69, 9.17) is 0 Å². The Balaban J connectivity index is 2.30. The molecule has 0 aromatic heterocycles. The summed E-state index contributed by atoms with van der Waals surface area (Å²) in [6.07, 6.45) is 5.04. The van der Waals surface area contributed by atoms with E-state index in [2.05, 4.69) is 34.7 Å². The number of hydrogen-bond donors (Lipinski definition) is 0. The standard InChI is InChI=1S/C14H27BrN2O/c1-12(2)17-10-7-13(8-11-17)16(3)14(18)6-4-5-9-15/h12-13H,4-11H2,1-3H3. The van der Waals surface area contributed by atoms with E-state index in [1.54, 1.807) is 0 Å². The lowest BCUT2D eigenvalue weighted by atomic mass is 10.0. The number of unbranched alkanes of at least 4 members (excludes halogenated alkanes) is 1. The van der Waals surface area contributed by atoms with Gasteiger partial charge in [0.1, 0.15) is 0 Å². The number of amides is 1. The molecule has 0 aliphatic carbocycles. The Morgan fingerprint density at radius 2 is 1.94 bits per heavy atom. The number of carbonyl (C=O) groups excluding carboxylic acids is 1. The van der Waals surface area contributed by atoms with E-state index in [0.29, 0.717) is 24.4 Å². The summed E-state index contributed by atoms with van der Waals surface area (Å²) in [6.45, 7) is 6.74. The van der Waals surface area contributed by atoms with Crippen molar-refractivity contribution in [1.29, 1.82) is 0 Å². The van der Waals surface area contributed by atoms with Gasteiger partial charge in [-0.15, -0.1) is 0 Å². The van der Waals surface area contributed by atoms with Gasteiger partial charge in [0.2, 0.25) is 5.91 Å². The van der Waals surface area contributed by atoms with E-state index in [9.17, 15) is 4.79 Å². The molecule has 0 aromatic carbocycles. The average Bonchev–Trinajstić information content (AvgIpc) is 2.38. The van der Waals surface area contributed by atoms with Crippen molar-refractivity contribution >= 4 is 21.8 Å². The summed E-state index contributed by atoms with van der Waals surface area (Å²) >= 11 is 3.40. The first kappa shape index (κ1) is 16.0. The van der Waals surface area contributed by atoms with Crippen molar-refractivity contribution in [2.45, 2.75) is 58.0 Å². The summed E-state index contributed by atoms with van der Waals surface area (Å²) in [5.41, 5.74) is 0. The molecule has 1 aliphatic heterocycles. The Hall–Kier alpha value is -0.0900. The highest BCUT2D eigenvalue weighted by Crippen LogP contribution is 2.18. The first-order chi connectivity index (χ1) is 8.56. The number of alkyl halides is 1. The summed E-state index contributed by atoms with van der Waals surface area (Å²) in [5, 5.41) is 0.997. The molecule has 0 bridgehead atoms. The molecule has 1 heterocycles. The zero-order chi connectivity index (χ0) is 13.5. The van der Waals surface area contributed by atoms with Crippen LogP contribution in [0.5, 0.6) is 0 Å². The van der Waals surface area contributed by atoms with Crippen molar-refractivity contribution in [3.8, 4) is 0 Å². The molecule has 1 fully saturated rings. The second-order valence-corrected chi connectivity index (χ2v) is 6.30. The van der Waals surface area contributed by atoms with E-state index in [1.165, 1.54) is 0 Å². The predicted molar refractivity (Wildman–Crippen MR) is 80.1 cm³/mol. The van der Waals surface area contributed by atoms with Crippen LogP contribution >= 0.6 is 15.9 Å². The number of rotatable bonds is 6. The molecule has 18 heavy (non-hydrogen) atoms. The highest BCUT2D eigenvalue weighted by atomic mass is 79.9. The van der Waals surface area contributed by atoms with Gasteiger partial charge >= 0.3 is 0 Å². The fraction of sp³-hybridized carbons (Fsp3) is 0.929. The zero-order valence-corrected chi connectivity index (χ0v) is 13.6. The Morgan fingerprint density at radius 3 is 2.44 bits per heavy atom. The molecule has 106 valence electrons. The molecular weight excluding hydrogens is 292 g/mol. The first-order valence-corrected chi connectivity index (χ1v) is 8.24. The highest BCUT2D eigenvalue weighted by molar-refractivity contribution is 9.09. The first-order valence-electron chi connectivity index (χ1n) is 7.12. The van der Waals surface area contributed by atoms with Crippen LogP contribution in [0, 0.1) is 0 Å². The molecule has 0 radical (unpaired) electrons. The van der Waals surface area contributed by atoms with Crippen LogP contribution in [0.2, 0.25) is 0 Å². The minimum Gasteiger partial charge on any atom is -0.343 e. The predicted octanol–water partition coefficient (Wildman–Crippen LogP) is 2.88. The highest BCUT2D eigenvalue weighted by Gasteiger charge is 2.25. The van der Waals surface area contributed by atoms with Gasteiger partial charge < -0.3 is 9.80 Å². The van der Waals surface area contributed by atoms with Gasteiger partial charge in [0, 0.05) is 44.0 Å². The van der Waals surface area contributed by atoms with E-state index < -0.39 is 0 Å². The maximum atomic E-state index is 12.0. The normalized spacial score (nSPS) is 18.3. The number of likely N-dealkylation sites (tertiary alicyclic amines) is 1. The van der Waals surface area contributed by atoms with Crippen molar-refractivity contribution in [3.63, 3.8) is 0 Å². The summed E-state index contributed by atoms with van der Waals surface area (Å²) in [6, 6.07) is 1.09. The Morgan fingerprint density at radius 1 is 1.33 bits per heavy atom. The molecule has 0 saturated carbocycles. The summed E-state index contributed by atoms with van der Waals surface area (Å²) in [7, 11) is 1.98. The summed E-state index contributed by atoms with van der Waals surface area (Å²) < 4.78 is 0. The number of hydrogen-bond acceptors (Lipinski definition) is 2. The molecule has 1 saturated heterocycles. The molecule has 0 N–H and O–H groups in total. The average molecular weight is 319 g/mol. The van der Waals surface area contributed by atoms with Crippen molar-refractivity contribution in [1.82, 2.24) is 9.80 Å². The maximum Gasteiger partial charge on any atom is 0.222 e. The van der Waals surface area contributed by atoms with Gasteiger partial charge in [-0.2, -0.15) is 0 Å². The molecule has 3 nitrogen and oxygen atoms in total. The summed E-state index contributed by atoms with van der Waals surface area (Å²) in [5.74, 6) is 0.318. The van der Waals surface area contributed by atoms with Gasteiger partial charge in [-0.1, -0.05) is 15.9 Å². The smallest absolute Gasteiger partial charge is 0.222 e. The van der Waals surface area contributed by atoms with Crippen molar-refractivity contribution in [2.75, 3.05) is 25.5 Å². The molecular formula is C14H27BrN2O. The van der Waals surface area contributed by atoms with Crippen LogP contribution in [0.3, 0.4) is 0 Å². The topological polar surface area (TPSA) is 23.6 Å². The fourth-order valence-corrected chi connectivity index (χ4v) is 2.94. The van der Waals surface area contributed by atoms with Gasteiger partial charge in [-0.3, -0.25) is 4.79 Å². The number of halogens is 1. The maximum absolute atomic E-state index is 12.0. The third-order valence-electron chi connectivity index (χ3n) is 3.94. The van der Waals surface area contributed by atoms with Crippen molar-refractivity contribution < 1.29 is 4.79 Å². The van der Waals surface area contributed by atoms with Gasteiger partial charge in [0.05, 0.1) is 0 Å². The lowest BCUT2D eigenvalue weighted by Crippen LogP contribution is -2.47. The van der Waals surface area contributed by atoms with Crippen LogP contribution in [-0.4, -0.2) is 53.3 Å². The second kappa shape index (κ2) is 8.16. The number of carbonyl (C=O) groups is 1. The molecule has 1 aliphatic rings. The van der Waals surface area contributed by atoms with Crippen LogP contribution in [0.25, 0.3) is 0 Å². The van der Waals surface area contributed by atoms with Crippen LogP contribution in [0.1, 0.15) is 46.0 Å². The van der Waals surface area contributed by atoms with Crippen LogP contribution in [-0.2, 0) is 4.79 Å². The fourth-order valence-electron chi connectivity index (χ4n) is 2.54. The zero-order valence-electron chi connectivity index (χ0n) is 12.0. The lowest BCUT2D eigenvalue weighted by Gasteiger charge is -2.38. The number of piperidine rings is 1. The molecule has 0 spiro atoms. The lowest BCUT2D eigenvalue weighted by molar-refractivity contribution is -0.133. The van der Waals surface area contributed by atoms with Gasteiger partial charge in [0.15, 0.2) is 0 Å². The largest absolute Gasteiger partial charge is 0.343 e. The minimum atomic E-state index is 0.318.